The molecule has 1 rings (SSSR count). The highest BCUT2D eigenvalue weighted by Crippen LogP contribution is 2.25. The number of hydrogen-bond acceptors (Lipinski definition) is 3. The van der Waals surface area contributed by atoms with Crippen LogP contribution in [0.25, 0.3) is 0 Å². The zero-order chi connectivity index (χ0) is 13.5. The van der Waals surface area contributed by atoms with Crippen LogP contribution in [0.15, 0.2) is 22.7 Å². The van der Waals surface area contributed by atoms with Crippen LogP contribution in [0.5, 0.6) is 0 Å². The summed E-state index contributed by atoms with van der Waals surface area (Å²) in [6.07, 6.45) is -2.43. The van der Waals surface area contributed by atoms with Crippen molar-refractivity contribution in [3.8, 4) is 0 Å². The van der Waals surface area contributed by atoms with Gasteiger partial charge in [-0.2, -0.15) is 0 Å². The number of aliphatic hydroxyl groups excluding tert-OH is 1. The van der Waals surface area contributed by atoms with Crippen LogP contribution >= 0.6 is 15.9 Å². The van der Waals surface area contributed by atoms with Gasteiger partial charge in [-0.25, -0.2) is 8.78 Å². The molecule has 0 atom stereocenters. The van der Waals surface area contributed by atoms with E-state index < -0.39 is 6.43 Å². The fourth-order valence-electron chi connectivity index (χ4n) is 1.79. The monoisotopic (exact) mass is 322 g/mol. The molecule has 0 aromatic heterocycles. The average molecular weight is 323 g/mol. The van der Waals surface area contributed by atoms with Crippen LogP contribution in [0.1, 0.15) is 5.56 Å². The molecule has 0 aliphatic heterocycles. The first-order valence-electron chi connectivity index (χ1n) is 5.65. The zero-order valence-electron chi connectivity index (χ0n) is 10.2. The van der Waals surface area contributed by atoms with Gasteiger partial charge < -0.3 is 15.3 Å². The van der Waals surface area contributed by atoms with E-state index in [4.69, 9.17) is 5.11 Å². The highest BCUT2D eigenvalue weighted by Gasteiger charge is 2.15. The van der Waals surface area contributed by atoms with Crippen molar-refractivity contribution in [2.75, 3.05) is 31.6 Å². The van der Waals surface area contributed by atoms with Gasteiger partial charge in [-0.1, -0.05) is 15.9 Å². The van der Waals surface area contributed by atoms with Crippen molar-refractivity contribution in [3.63, 3.8) is 0 Å². The van der Waals surface area contributed by atoms with Crippen molar-refractivity contribution in [1.29, 1.82) is 0 Å². The molecule has 0 saturated heterocycles. The maximum atomic E-state index is 12.5. The number of benzene rings is 1. The largest absolute Gasteiger partial charge is 0.395 e. The summed E-state index contributed by atoms with van der Waals surface area (Å²) < 4.78 is 26.0. The summed E-state index contributed by atoms with van der Waals surface area (Å²) in [4.78, 5) is 1.50. The molecule has 6 heteroatoms. The van der Waals surface area contributed by atoms with Gasteiger partial charge in [0, 0.05) is 23.2 Å². The molecular formula is C12H17BrF2N2O. The summed E-state index contributed by atoms with van der Waals surface area (Å²) in [5.74, 6) is 0. The fraction of sp³-hybridized carbons (Fsp3) is 0.500. The number of rotatable bonds is 7. The average Bonchev–Trinajstić information content (AvgIpc) is 2.28. The maximum absolute atomic E-state index is 12.5. The molecule has 0 heterocycles. The molecule has 0 fully saturated rings. The third kappa shape index (κ3) is 4.51. The van der Waals surface area contributed by atoms with Crippen LogP contribution in [0.2, 0.25) is 0 Å². The predicted molar refractivity (Wildman–Crippen MR) is 72.2 cm³/mol. The first kappa shape index (κ1) is 15.3. The van der Waals surface area contributed by atoms with Crippen LogP contribution < -0.4 is 10.2 Å². The zero-order valence-corrected chi connectivity index (χ0v) is 11.8. The van der Waals surface area contributed by atoms with Crippen molar-refractivity contribution in [2.24, 2.45) is 0 Å². The van der Waals surface area contributed by atoms with E-state index in [0.717, 1.165) is 15.7 Å². The molecule has 0 saturated carbocycles. The summed E-state index contributed by atoms with van der Waals surface area (Å²) in [6.45, 7) is 0.253. The van der Waals surface area contributed by atoms with Crippen molar-refractivity contribution in [2.45, 2.75) is 13.0 Å². The van der Waals surface area contributed by atoms with Gasteiger partial charge in [-0.05, 0) is 30.8 Å². The molecule has 0 spiro atoms. The molecule has 0 unspecified atom stereocenters. The number of halogens is 3. The molecule has 0 radical (unpaired) electrons. The third-order valence-corrected chi connectivity index (χ3v) is 2.97. The van der Waals surface area contributed by atoms with Gasteiger partial charge in [-0.15, -0.1) is 0 Å². The van der Waals surface area contributed by atoms with Gasteiger partial charge in [0.1, 0.15) is 0 Å². The lowest BCUT2D eigenvalue weighted by Crippen LogP contribution is -2.32. The molecule has 1 aromatic rings. The van der Waals surface area contributed by atoms with Gasteiger partial charge >= 0.3 is 0 Å². The lowest BCUT2D eigenvalue weighted by atomic mass is 10.1. The van der Waals surface area contributed by atoms with E-state index in [1.165, 1.54) is 4.90 Å². The topological polar surface area (TPSA) is 35.5 Å². The summed E-state index contributed by atoms with van der Waals surface area (Å²) in [6, 6.07) is 5.49. The lowest BCUT2D eigenvalue weighted by molar-refractivity contribution is 0.152. The molecule has 0 bridgehead atoms. The highest BCUT2D eigenvalue weighted by atomic mass is 79.9. The molecule has 0 aliphatic rings. The number of hydrogen-bond donors (Lipinski definition) is 2. The van der Waals surface area contributed by atoms with E-state index >= 15 is 0 Å². The van der Waals surface area contributed by atoms with Gasteiger partial charge in [0.05, 0.1) is 13.2 Å². The van der Waals surface area contributed by atoms with Gasteiger partial charge in [0.15, 0.2) is 0 Å². The Kier molecular flexibility index (Phi) is 6.52. The van der Waals surface area contributed by atoms with Crippen LogP contribution in [0, 0.1) is 0 Å². The second-order valence-electron chi connectivity index (χ2n) is 3.86. The van der Waals surface area contributed by atoms with Gasteiger partial charge in [0.2, 0.25) is 0 Å². The van der Waals surface area contributed by atoms with E-state index in [2.05, 4.69) is 21.2 Å². The number of nitrogens with zero attached hydrogens (tertiary/aromatic N) is 1. The van der Waals surface area contributed by atoms with E-state index in [-0.39, 0.29) is 19.7 Å². The maximum Gasteiger partial charge on any atom is 0.255 e. The Bertz CT molecular complexity index is 377. The molecule has 1 aromatic carbocycles. The standard InChI is InChI=1S/C12H17BrF2N2O/c1-16-7-9-6-10(13)2-3-11(9)17(4-5-18)8-12(14)15/h2-3,6,12,16,18H,4-5,7-8H2,1H3. The highest BCUT2D eigenvalue weighted by molar-refractivity contribution is 9.10. The second kappa shape index (κ2) is 7.66. The molecule has 2 N–H and O–H groups in total. The number of anilines is 1. The van der Waals surface area contributed by atoms with Crippen molar-refractivity contribution >= 4 is 21.6 Å². The summed E-state index contributed by atoms with van der Waals surface area (Å²) in [5.41, 5.74) is 1.64. The fourth-order valence-corrected chi connectivity index (χ4v) is 2.20. The van der Waals surface area contributed by atoms with E-state index in [9.17, 15) is 8.78 Å². The smallest absolute Gasteiger partial charge is 0.255 e. The quantitative estimate of drug-likeness (QED) is 0.808. The minimum Gasteiger partial charge on any atom is -0.395 e. The lowest BCUT2D eigenvalue weighted by Gasteiger charge is -2.26. The Labute approximate surface area is 114 Å². The van der Waals surface area contributed by atoms with Crippen molar-refractivity contribution in [3.05, 3.63) is 28.2 Å². The molecule has 0 aliphatic carbocycles. The Hall–Kier alpha value is -0.720. The first-order valence-corrected chi connectivity index (χ1v) is 6.44. The number of alkyl halides is 2. The van der Waals surface area contributed by atoms with Crippen LogP contribution in [-0.2, 0) is 6.54 Å². The second-order valence-corrected chi connectivity index (χ2v) is 4.78. The first-order chi connectivity index (χ1) is 8.58. The Morgan fingerprint density at radius 2 is 2.17 bits per heavy atom. The summed E-state index contributed by atoms with van der Waals surface area (Å²) >= 11 is 3.36. The normalized spacial score (nSPS) is 11.0. The Morgan fingerprint density at radius 1 is 1.44 bits per heavy atom. The van der Waals surface area contributed by atoms with Crippen molar-refractivity contribution < 1.29 is 13.9 Å². The minimum atomic E-state index is -2.43. The van der Waals surface area contributed by atoms with Gasteiger partial charge in [-0.3, -0.25) is 0 Å². The van der Waals surface area contributed by atoms with Gasteiger partial charge in [0.25, 0.3) is 6.43 Å². The predicted octanol–water partition coefficient (Wildman–Crippen LogP) is 2.23. The van der Waals surface area contributed by atoms with Crippen LogP contribution in [0.3, 0.4) is 0 Å². The van der Waals surface area contributed by atoms with Crippen molar-refractivity contribution in [1.82, 2.24) is 5.32 Å². The van der Waals surface area contributed by atoms with E-state index in [1.807, 2.05) is 12.1 Å². The molecular weight excluding hydrogens is 306 g/mol. The molecule has 18 heavy (non-hydrogen) atoms. The van der Waals surface area contributed by atoms with E-state index in [0.29, 0.717) is 6.54 Å². The molecule has 0 amide bonds. The van der Waals surface area contributed by atoms with Crippen LogP contribution in [-0.4, -0.2) is 38.3 Å². The van der Waals surface area contributed by atoms with E-state index in [1.54, 1.807) is 13.1 Å². The molecule has 3 nitrogen and oxygen atoms in total. The molecule has 102 valence electrons. The summed E-state index contributed by atoms with van der Waals surface area (Å²) in [7, 11) is 1.80. The third-order valence-electron chi connectivity index (χ3n) is 2.48. The Balaban J connectivity index is 3.01. The summed E-state index contributed by atoms with van der Waals surface area (Å²) in [5, 5.41) is 12.0. The minimum absolute atomic E-state index is 0.151. The number of nitrogens with one attached hydrogen (secondary N) is 1. The Morgan fingerprint density at radius 3 is 2.72 bits per heavy atom. The number of aliphatic hydroxyl groups is 1. The van der Waals surface area contributed by atoms with Crippen LogP contribution in [0.4, 0.5) is 14.5 Å². The SMILES string of the molecule is CNCc1cc(Br)ccc1N(CCO)CC(F)F.